The lowest BCUT2D eigenvalue weighted by molar-refractivity contribution is -0.384. The van der Waals surface area contributed by atoms with E-state index in [9.17, 15) is 24.1 Å². The van der Waals surface area contributed by atoms with Gasteiger partial charge in [0, 0.05) is 22.8 Å². The van der Waals surface area contributed by atoms with Crippen molar-refractivity contribution >= 4 is 40.9 Å². The first kappa shape index (κ1) is 22.6. The normalized spacial score (nSPS) is 11.0. The molecule has 2 amide bonds. The fourth-order valence-electron chi connectivity index (χ4n) is 2.81. The van der Waals surface area contributed by atoms with Gasteiger partial charge in [-0.05, 0) is 48.4 Å². The van der Waals surface area contributed by atoms with Crippen LogP contribution in [0.25, 0.3) is 6.08 Å². The summed E-state index contributed by atoms with van der Waals surface area (Å²) in [6, 6.07) is 15.7. The first-order valence-corrected chi connectivity index (χ1v) is 9.72. The van der Waals surface area contributed by atoms with Gasteiger partial charge in [0.2, 0.25) is 0 Å². The minimum absolute atomic E-state index is 0.190. The van der Waals surface area contributed by atoms with Crippen LogP contribution in [-0.2, 0) is 4.79 Å². The lowest BCUT2D eigenvalue weighted by Gasteiger charge is -2.13. The van der Waals surface area contributed by atoms with Gasteiger partial charge in [0.1, 0.15) is 11.5 Å². The Balaban J connectivity index is 1.98. The molecule has 3 aromatic carbocycles. The molecular weight excluding hydrogens is 437 g/mol. The topological polar surface area (TPSA) is 101 Å². The molecule has 0 aliphatic heterocycles. The quantitative estimate of drug-likeness (QED) is 0.308. The number of nitrogens with one attached hydrogen (secondary N) is 2. The summed E-state index contributed by atoms with van der Waals surface area (Å²) in [4.78, 5) is 36.1. The molecule has 0 bridgehead atoms. The average molecular weight is 454 g/mol. The molecule has 2 N–H and O–H groups in total. The van der Waals surface area contributed by atoms with E-state index in [2.05, 4.69) is 10.6 Å². The van der Waals surface area contributed by atoms with Crippen LogP contribution >= 0.6 is 11.6 Å². The number of hydrogen-bond donors (Lipinski definition) is 2. The number of nitrogens with zero attached hydrogens (tertiary/aromatic N) is 1. The highest BCUT2D eigenvalue weighted by Crippen LogP contribution is 2.21. The Labute approximate surface area is 187 Å². The summed E-state index contributed by atoms with van der Waals surface area (Å²) < 4.78 is 14.0. The van der Waals surface area contributed by atoms with E-state index in [1.54, 1.807) is 25.1 Å². The number of carbonyl (C=O) groups is 2. The summed E-state index contributed by atoms with van der Waals surface area (Å²) >= 11 is 6.00. The molecule has 0 saturated heterocycles. The van der Waals surface area contributed by atoms with Gasteiger partial charge >= 0.3 is 0 Å². The zero-order valence-electron chi connectivity index (χ0n) is 16.8. The number of benzene rings is 3. The highest BCUT2D eigenvalue weighted by Gasteiger charge is 2.18. The summed E-state index contributed by atoms with van der Waals surface area (Å²) in [5.41, 5.74) is 0.735. The SMILES string of the molecule is Cc1ccc(Cl)cc1NC(=O)C(=Cc1cccc([N+](=O)[O-])c1)NC(=O)c1ccccc1F. The van der Waals surface area contributed by atoms with Gasteiger partial charge in [-0.2, -0.15) is 0 Å². The molecular formula is C23H17ClFN3O4. The Bertz CT molecular complexity index is 1240. The first-order chi connectivity index (χ1) is 15.2. The molecule has 3 aromatic rings. The Hall–Kier alpha value is -4.04. The van der Waals surface area contributed by atoms with Crippen LogP contribution < -0.4 is 10.6 Å². The number of hydrogen-bond acceptors (Lipinski definition) is 4. The van der Waals surface area contributed by atoms with Crippen LogP contribution in [0.2, 0.25) is 5.02 Å². The van der Waals surface area contributed by atoms with Crippen molar-refractivity contribution in [2.75, 3.05) is 5.32 Å². The van der Waals surface area contributed by atoms with Gasteiger partial charge in [-0.3, -0.25) is 19.7 Å². The molecule has 0 aliphatic rings. The van der Waals surface area contributed by atoms with Crippen molar-refractivity contribution in [3.63, 3.8) is 0 Å². The monoisotopic (exact) mass is 453 g/mol. The molecule has 162 valence electrons. The molecule has 0 aliphatic carbocycles. The molecule has 3 rings (SSSR count). The van der Waals surface area contributed by atoms with Crippen molar-refractivity contribution in [3.8, 4) is 0 Å². The number of nitro benzene ring substituents is 1. The number of carbonyl (C=O) groups excluding carboxylic acids is 2. The maximum Gasteiger partial charge on any atom is 0.272 e. The zero-order chi connectivity index (χ0) is 23.3. The Morgan fingerprint density at radius 2 is 1.81 bits per heavy atom. The van der Waals surface area contributed by atoms with E-state index in [0.717, 1.165) is 11.6 Å². The minimum Gasteiger partial charge on any atom is -0.320 e. The Kier molecular flexibility index (Phi) is 6.97. The van der Waals surface area contributed by atoms with E-state index in [1.165, 1.54) is 48.5 Å². The number of halogens is 2. The van der Waals surface area contributed by atoms with Gasteiger partial charge in [-0.15, -0.1) is 0 Å². The Morgan fingerprint density at radius 1 is 1.06 bits per heavy atom. The molecule has 0 heterocycles. The van der Waals surface area contributed by atoms with Crippen molar-refractivity contribution in [2.45, 2.75) is 6.92 Å². The second-order valence-electron chi connectivity index (χ2n) is 6.76. The van der Waals surface area contributed by atoms with E-state index in [1.807, 2.05) is 0 Å². The van der Waals surface area contributed by atoms with E-state index in [4.69, 9.17) is 11.6 Å². The standard InChI is InChI=1S/C23H17ClFN3O4/c1-14-9-10-16(24)13-20(14)26-23(30)21(12-15-5-4-6-17(11-15)28(31)32)27-22(29)18-7-2-3-8-19(18)25/h2-13H,1H3,(H,26,30)(H,27,29). The zero-order valence-corrected chi connectivity index (χ0v) is 17.5. The van der Waals surface area contributed by atoms with Crippen molar-refractivity contribution in [2.24, 2.45) is 0 Å². The van der Waals surface area contributed by atoms with Gasteiger partial charge in [0.05, 0.1) is 10.5 Å². The van der Waals surface area contributed by atoms with Crippen molar-refractivity contribution in [3.05, 3.63) is 110 Å². The molecule has 0 aromatic heterocycles. The summed E-state index contributed by atoms with van der Waals surface area (Å²) in [5, 5.41) is 16.5. The average Bonchev–Trinajstić information content (AvgIpc) is 2.76. The largest absolute Gasteiger partial charge is 0.320 e. The third-order valence-corrected chi connectivity index (χ3v) is 4.69. The number of rotatable bonds is 6. The predicted octanol–water partition coefficient (Wildman–Crippen LogP) is 5.11. The van der Waals surface area contributed by atoms with E-state index < -0.39 is 22.6 Å². The van der Waals surface area contributed by atoms with Gasteiger partial charge in [-0.1, -0.05) is 41.9 Å². The Morgan fingerprint density at radius 3 is 2.53 bits per heavy atom. The molecule has 0 spiro atoms. The van der Waals surface area contributed by atoms with E-state index in [-0.39, 0.29) is 16.9 Å². The maximum absolute atomic E-state index is 14.0. The molecule has 0 saturated carbocycles. The summed E-state index contributed by atoms with van der Waals surface area (Å²) in [6.45, 7) is 1.76. The molecule has 0 unspecified atom stereocenters. The highest BCUT2D eigenvalue weighted by molar-refractivity contribution is 6.31. The molecule has 9 heteroatoms. The molecule has 0 fully saturated rings. The van der Waals surface area contributed by atoms with Crippen LogP contribution in [-0.4, -0.2) is 16.7 Å². The van der Waals surface area contributed by atoms with Crippen molar-refractivity contribution < 1.29 is 18.9 Å². The smallest absolute Gasteiger partial charge is 0.272 e. The van der Waals surface area contributed by atoms with E-state index >= 15 is 0 Å². The van der Waals surface area contributed by atoms with Gasteiger partial charge < -0.3 is 10.6 Å². The van der Waals surface area contributed by atoms with Crippen LogP contribution in [0.4, 0.5) is 15.8 Å². The summed E-state index contributed by atoms with van der Waals surface area (Å²) in [6.07, 6.45) is 1.26. The van der Waals surface area contributed by atoms with Crippen LogP contribution in [0, 0.1) is 22.9 Å². The second kappa shape index (κ2) is 9.84. The fraction of sp³-hybridized carbons (Fsp3) is 0.0435. The van der Waals surface area contributed by atoms with Crippen molar-refractivity contribution in [1.82, 2.24) is 5.32 Å². The number of nitro groups is 1. The summed E-state index contributed by atoms with van der Waals surface area (Å²) in [5.74, 6) is -2.32. The molecule has 32 heavy (non-hydrogen) atoms. The minimum atomic E-state index is -0.849. The predicted molar refractivity (Wildman–Crippen MR) is 120 cm³/mol. The highest BCUT2D eigenvalue weighted by atomic mass is 35.5. The third-order valence-electron chi connectivity index (χ3n) is 4.45. The van der Waals surface area contributed by atoms with E-state index in [0.29, 0.717) is 16.3 Å². The summed E-state index contributed by atoms with van der Waals surface area (Å²) in [7, 11) is 0. The lowest BCUT2D eigenvalue weighted by Crippen LogP contribution is -2.31. The van der Waals surface area contributed by atoms with Crippen molar-refractivity contribution in [1.29, 1.82) is 0 Å². The molecule has 7 nitrogen and oxygen atoms in total. The maximum atomic E-state index is 14.0. The lowest BCUT2D eigenvalue weighted by atomic mass is 10.1. The number of aryl methyl sites for hydroxylation is 1. The van der Waals surface area contributed by atoms with Crippen LogP contribution in [0.15, 0.2) is 72.4 Å². The van der Waals surface area contributed by atoms with Crippen LogP contribution in [0.1, 0.15) is 21.5 Å². The van der Waals surface area contributed by atoms with Gasteiger partial charge in [-0.25, -0.2) is 4.39 Å². The van der Waals surface area contributed by atoms with Crippen LogP contribution in [0.5, 0.6) is 0 Å². The first-order valence-electron chi connectivity index (χ1n) is 9.34. The van der Waals surface area contributed by atoms with Gasteiger partial charge in [0.25, 0.3) is 17.5 Å². The molecule has 0 atom stereocenters. The van der Waals surface area contributed by atoms with Crippen LogP contribution in [0.3, 0.4) is 0 Å². The fourth-order valence-corrected chi connectivity index (χ4v) is 2.98. The number of amides is 2. The van der Waals surface area contributed by atoms with Gasteiger partial charge in [0.15, 0.2) is 0 Å². The third kappa shape index (κ3) is 5.55. The molecule has 0 radical (unpaired) electrons. The second-order valence-corrected chi connectivity index (χ2v) is 7.19. The number of non-ortho nitro benzene ring substituents is 1. The number of anilines is 1.